The molecule has 0 radical (unpaired) electrons. The van der Waals surface area contributed by atoms with Crippen LogP contribution in [0.1, 0.15) is 29.7 Å². The summed E-state index contributed by atoms with van der Waals surface area (Å²) in [6.45, 7) is 1.93. The lowest BCUT2D eigenvalue weighted by Crippen LogP contribution is -2.39. The molecule has 1 atom stereocenters. The Morgan fingerprint density at radius 2 is 1.77 bits per heavy atom. The monoisotopic (exact) mass is 541 g/mol. The molecule has 2 heterocycles. The highest BCUT2D eigenvalue weighted by molar-refractivity contribution is 7.07. The zero-order valence-electron chi connectivity index (χ0n) is 21.1. The number of nitrogens with zero attached hydrogens (tertiary/aromatic N) is 3. The van der Waals surface area contributed by atoms with E-state index in [2.05, 4.69) is 4.99 Å². The van der Waals surface area contributed by atoms with E-state index in [0.717, 1.165) is 11.1 Å². The van der Waals surface area contributed by atoms with Gasteiger partial charge in [-0.15, -0.1) is 0 Å². The molecule has 0 spiro atoms. The third kappa shape index (κ3) is 5.14. The van der Waals surface area contributed by atoms with Crippen molar-refractivity contribution in [2.24, 2.45) is 4.99 Å². The standard InChI is InChI=1S/C29H23N3O6S/c1-18-25(28(34)37-2)26(20-8-4-3-5-9-20)31-27(33)24(39-29(31)30-18)16-21-10-6-7-11-23(21)38-17-19-12-14-22(15-13-19)32(35)36/h3-16,26H,17H2,1-2H3. The van der Waals surface area contributed by atoms with E-state index in [4.69, 9.17) is 9.47 Å². The van der Waals surface area contributed by atoms with Gasteiger partial charge < -0.3 is 9.47 Å². The fourth-order valence-corrected chi connectivity index (χ4v) is 5.43. The highest BCUT2D eigenvalue weighted by Crippen LogP contribution is 2.30. The molecule has 1 aliphatic heterocycles. The number of benzene rings is 3. The van der Waals surface area contributed by atoms with E-state index in [1.54, 1.807) is 31.2 Å². The van der Waals surface area contributed by atoms with Gasteiger partial charge in [0, 0.05) is 17.7 Å². The van der Waals surface area contributed by atoms with Gasteiger partial charge in [-0.3, -0.25) is 19.5 Å². The van der Waals surface area contributed by atoms with Crippen molar-refractivity contribution in [1.82, 2.24) is 4.57 Å². The summed E-state index contributed by atoms with van der Waals surface area (Å²) in [6, 6.07) is 22.1. The highest BCUT2D eigenvalue weighted by atomic mass is 32.1. The Labute approximate surface area is 226 Å². The number of methoxy groups -OCH3 is 1. The van der Waals surface area contributed by atoms with Crippen molar-refractivity contribution < 1.29 is 19.2 Å². The zero-order chi connectivity index (χ0) is 27.5. The number of hydrogen-bond acceptors (Lipinski definition) is 8. The molecule has 5 rings (SSSR count). The summed E-state index contributed by atoms with van der Waals surface area (Å²) in [4.78, 5) is 42.0. The van der Waals surface area contributed by atoms with Gasteiger partial charge in [-0.05, 0) is 42.3 Å². The number of fused-ring (bicyclic) bond motifs is 1. The van der Waals surface area contributed by atoms with Crippen LogP contribution in [-0.2, 0) is 16.1 Å². The molecule has 39 heavy (non-hydrogen) atoms. The molecule has 1 aromatic heterocycles. The van der Waals surface area contributed by atoms with Gasteiger partial charge in [0.1, 0.15) is 12.4 Å². The number of aromatic nitrogens is 1. The van der Waals surface area contributed by atoms with Gasteiger partial charge in [0.15, 0.2) is 4.80 Å². The summed E-state index contributed by atoms with van der Waals surface area (Å²) < 4.78 is 13.0. The van der Waals surface area contributed by atoms with Crippen LogP contribution in [0.3, 0.4) is 0 Å². The van der Waals surface area contributed by atoms with E-state index in [0.29, 0.717) is 31.9 Å². The van der Waals surface area contributed by atoms with E-state index >= 15 is 0 Å². The lowest BCUT2D eigenvalue weighted by molar-refractivity contribution is -0.384. The van der Waals surface area contributed by atoms with Crippen LogP contribution in [0.15, 0.2) is 99.9 Å². The second-order valence-corrected chi connectivity index (χ2v) is 9.74. The molecule has 0 bridgehead atoms. The second-order valence-electron chi connectivity index (χ2n) is 8.73. The molecule has 0 fully saturated rings. The van der Waals surface area contributed by atoms with E-state index in [1.165, 1.54) is 35.1 Å². The summed E-state index contributed by atoms with van der Waals surface area (Å²) in [5, 5.41) is 10.9. The largest absolute Gasteiger partial charge is 0.488 e. The molecule has 0 aliphatic carbocycles. The lowest BCUT2D eigenvalue weighted by atomic mass is 9.96. The Morgan fingerprint density at radius 3 is 2.46 bits per heavy atom. The van der Waals surface area contributed by atoms with Crippen molar-refractivity contribution >= 4 is 29.1 Å². The number of non-ortho nitro benzene ring substituents is 1. The molecular formula is C29H23N3O6S. The molecule has 0 saturated carbocycles. The highest BCUT2D eigenvalue weighted by Gasteiger charge is 2.32. The molecule has 9 nitrogen and oxygen atoms in total. The fraction of sp³-hybridized carbons (Fsp3) is 0.138. The minimum Gasteiger partial charge on any atom is -0.488 e. The first-order valence-electron chi connectivity index (χ1n) is 12.0. The van der Waals surface area contributed by atoms with Crippen molar-refractivity contribution in [2.45, 2.75) is 19.6 Å². The second kappa shape index (κ2) is 10.9. The van der Waals surface area contributed by atoms with Gasteiger partial charge >= 0.3 is 5.97 Å². The fourth-order valence-electron chi connectivity index (χ4n) is 4.39. The molecule has 1 aliphatic rings. The van der Waals surface area contributed by atoms with Crippen molar-refractivity contribution in [1.29, 1.82) is 0 Å². The summed E-state index contributed by atoms with van der Waals surface area (Å²) in [7, 11) is 1.31. The van der Waals surface area contributed by atoms with Gasteiger partial charge in [-0.25, -0.2) is 9.79 Å². The molecule has 0 saturated heterocycles. The topological polar surface area (TPSA) is 113 Å². The molecular weight excluding hydrogens is 518 g/mol. The number of rotatable bonds is 7. The Bertz CT molecular complexity index is 1770. The number of allylic oxidation sites excluding steroid dienone is 1. The first-order chi connectivity index (χ1) is 18.9. The first kappa shape index (κ1) is 25.8. The van der Waals surface area contributed by atoms with Gasteiger partial charge in [0.2, 0.25) is 0 Å². The molecule has 10 heteroatoms. The van der Waals surface area contributed by atoms with E-state index in [1.807, 2.05) is 48.5 Å². The Kier molecular flexibility index (Phi) is 7.20. The number of nitro groups is 1. The summed E-state index contributed by atoms with van der Waals surface area (Å²) in [6.07, 6.45) is 1.74. The number of thiazole rings is 1. The molecule has 4 aromatic rings. The Balaban J connectivity index is 1.54. The minimum absolute atomic E-state index is 0.00826. The van der Waals surface area contributed by atoms with Crippen molar-refractivity contribution in [2.75, 3.05) is 7.11 Å². The van der Waals surface area contributed by atoms with E-state index < -0.39 is 16.9 Å². The Morgan fingerprint density at radius 1 is 1.08 bits per heavy atom. The average Bonchev–Trinajstić information content (AvgIpc) is 3.26. The normalized spacial score (nSPS) is 14.9. The molecule has 1 unspecified atom stereocenters. The van der Waals surface area contributed by atoms with Crippen LogP contribution in [0, 0.1) is 10.1 Å². The van der Waals surface area contributed by atoms with Crippen molar-refractivity contribution in [3.8, 4) is 5.75 Å². The predicted octanol–water partition coefficient (Wildman–Crippen LogP) is 3.90. The molecule has 0 amide bonds. The maximum atomic E-state index is 13.8. The van der Waals surface area contributed by atoms with Crippen LogP contribution in [0.25, 0.3) is 6.08 Å². The quantitative estimate of drug-likeness (QED) is 0.199. The van der Waals surface area contributed by atoms with Crippen molar-refractivity contribution in [3.63, 3.8) is 0 Å². The van der Waals surface area contributed by atoms with Crippen LogP contribution in [0.4, 0.5) is 5.69 Å². The van der Waals surface area contributed by atoms with Gasteiger partial charge in [0.25, 0.3) is 11.2 Å². The van der Waals surface area contributed by atoms with Crippen molar-refractivity contribution in [3.05, 3.63) is 137 Å². The number of ether oxygens (including phenoxy) is 2. The maximum Gasteiger partial charge on any atom is 0.338 e. The molecule has 3 aromatic carbocycles. The zero-order valence-corrected chi connectivity index (χ0v) is 21.9. The Hall–Kier alpha value is -4.83. The van der Waals surface area contributed by atoms with Crippen LogP contribution < -0.4 is 19.6 Å². The van der Waals surface area contributed by atoms with Crippen LogP contribution in [0.2, 0.25) is 0 Å². The summed E-state index contributed by atoms with van der Waals surface area (Å²) in [5.74, 6) is 0.0112. The maximum absolute atomic E-state index is 13.8. The summed E-state index contributed by atoms with van der Waals surface area (Å²) >= 11 is 1.23. The van der Waals surface area contributed by atoms with E-state index in [-0.39, 0.29) is 17.9 Å². The number of carbonyl (C=O) groups excluding carboxylic acids is 1. The predicted molar refractivity (Wildman–Crippen MR) is 146 cm³/mol. The number of nitro benzene ring substituents is 1. The number of para-hydroxylation sites is 1. The number of carbonyl (C=O) groups is 1. The third-order valence-electron chi connectivity index (χ3n) is 6.29. The van der Waals surface area contributed by atoms with Gasteiger partial charge in [-0.1, -0.05) is 59.9 Å². The first-order valence-corrected chi connectivity index (χ1v) is 12.8. The van der Waals surface area contributed by atoms with Gasteiger partial charge in [-0.2, -0.15) is 0 Å². The smallest absolute Gasteiger partial charge is 0.338 e. The lowest BCUT2D eigenvalue weighted by Gasteiger charge is -2.24. The SMILES string of the molecule is COC(=O)C1=C(C)N=c2sc(=Cc3ccccc3OCc3ccc([N+](=O)[O-])cc3)c(=O)n2C1c1ccccc1. The van der Waals surface area contributed by atoms with Crippen LogP contribution >= 0.6 is 11.3 Å². The number of esters is 1. The molecule has 196 valence electrons. The van der Waals surface area contributed by atoms with Crippen LogP contribution in [-0.4, -0.2) is 22.6 Å². The van der Waals surface area contributed by atoms with Gasteiger partial charge in [0.05, 0.1) is 33.9 Å². The van der Waals surface area contributed by atoms with E-state index in [9.17, 15) is 19.7 Å². The average molecular weight is 542 g/mol. The molecule has 0 N–H and O–H groups in total. The minimum atomic E-state index is -0.675. The summed E-state index contributed by atoms with van der Waals surface area (Å²) in [5.41, 5.74) is 2.75. The van der Waals surface area contributed by atoms with Crippen LogP contribution in [0.5, 0.6) is 5.75 Å². The number of hydrogen-bond donors (Lipinski definition) is 0. The third-order valence-corrected chi connectivity index (χ3v) is 7.27.